The molecule has 9 heteroatoms. The van der Waals surface area contributed by atoms with E-state index in [4.69, 9.17) is 4.74 Å². The monoisotopic (exact) mass is 391 g/mol. The molecule has 3 heterocycles. The number of hydrogen-bond acceptors (Lipinski definition) is 6. The molecule has 0 radical (unpaired) electrons. The molecule has 0 unspecified atom stereocenters. The van der Waals surface area contributed by atoms with E-state index in [-0.39, 0.29) is 5.92 Å². The smallest absolute Gasteiger partial charge is 0.243 e. The molecule has 8 nitrogen and oxygen atoms in total. The Morgan fingerprint density at radius 1 is 1.19 bits per heavy atom. The number of benzene rings is 1. The molecule has 0 amide bonds. The highest BCUT2D eigenvalue weighted by molar-refractivity contribution is 7.89. The summed E-state index contributed by atoms with van der Waals surface area (Å²) in [6, 6.07) is 5.02. The number of rotatable bonds is 4. The van der Waals surface area contributed by atoms with Crippen LogP contribution in [-0.4, -0.2) is 54.2 Å². The summed E-state index contributed by atoms with van der Waals surface area (Å²) in [6.45, 7) is 5.39. The van der Waals surface area contributed by atoms with Crippen LogP contribution in [0.25, 0.3) is 0 Å². The molecular formula is C18H25N5O3S. The lowest BCUT2D eigenvalue weighted by Crippen LogP contribution is -2.38. The summed E-state index contributed by atoms with van der Waals surface area (Å²) in [6.07, 6.45) is 1.53. The zero-order valence-electron chi connectivity index (χ0n) is 15.7. The third kappa shape index (κ3) is 3.35. The van der Waals surface area contributed by atoms with Crippen LogP contribution in [0.4, 0.5) is 0 Å². The van der Waals surface area contributed by atoms with E-state index in [1.54, 1.807) is 29.6 Å². The maximum atomic E-state index is 13.0. The van der Waals surface area contributed by atoms with Crippen LogP contribution in [0.5, 0.6) is 5.75 Å². The molecule has 0 saturated carbocycles. The van der Waals surface area contributed by atoms with Crippen molar-refractivity contribution in [2.75, 3.05) is 26.7 Å². The molecule has 2 aliphatic heterocycles. The van der Waals surface area contributed by atoms with Gasteiger partial charge in [-0.2, -0.15) is 4.31 Å². The number of hydrogen-bond donors (Lipinski definition) is 1. The maximum Gasteiger partial charge on any atom is 0.243 e. The van der Waals surface area contributed by atoms with Gasteiger partial charge in [-0.25, -0.2) is 8.42 Å². The molecule has 1 N–H and O–H groups in total. The van der Waals surface area contributed by atoms with Crippen LogP contribution in [0.3, 0.4) is 0 Å². The molecule has 1 fully saturated rings. The predicted octanol–water partition coefficient (Wildman–Crippen LogP) is 1.27. The second kappa shape index (κ2) is 7.21. The first-order chi connectivity index (χ1) is 13.0. The second-order valence-electron chi connectivity index (χ2n) is 7.11. The number of nitrogens with one attached hydrogen (secondary N) is 1. The topological polar surface area (TPSA) is 89.4 Å². The lowest BCUT2D eigenvalue weighted by molar-refractivity contribution is 0.307. The van der Waals surface area contributed by atoms with E-state index in [0.717, 1.165) is 49.7 Å². The molecule has 1 aromatic heterocycles. The minimum absolute atomic E-state index is 0.258. The summed E-state index contributed by atoms with van der Waals surface area (Å²) < 4.78 is 35.0. The lowest BCUT2D eigenvalue weighted by Gasteiger charge is -2.31. The molecule has 27 heavy (non-hydrogen) atoms. The Labute approximate surface area is 159 Å². The van der Waals surface area contributed by atoms with Gasteiger partial charge in [0.2, 0.25) is 10.0 Å². The Kier molecular flexibility index (Phi) is 4.92. The number of fused-ring (bicyclic) bond motifs is 1. The van der Waals surface area contributed by atoms with Crippen LogP contribution in [0.1, 0.15) is 36.0 Å². The number of methoxy groups -OCH3 is 1. The van der Waals surface area contributed by atoms with Crippen molar-refractivity contribution in [1.29, 1.82) is 0 Å². The van der Waals surface area contributed by atoms with E-state index in [9.17, 15) is 8.42 Å². The molecule has 2 aliphatic rings. The van der Waals surface area contributed by atoms with Gasteiger partial charge in [-0.3, -0.25) is 0 Å². The second-order valence-corrected chi connectivity index (χ2v) is 9.05. The van der Waals surface area contributed by atoms with Gasteiger partial charge in [0.1, 0.15) is 17.4 Å². The minimum Gasteiger partial charge on any atom is -0.496 e. The van der Waals surface area contributed by atoms with Gasteiger partial charge in [0.25, 0.3) is 0 Å². The Bertz CT molecular complexity index is 932. The summed E-state index contributed by atoms with van der Waals surface area (Å²) in [7, 11) is -1.91. The van der Waals surface area contributed by atoms with E-state index in [1.807, 2.05) is 6.92 Å². The van der Waals surface area contributed by atoms with Crippen molar-refractivity contribution < 1.29 is 13.2 Å². The van der Waals surface area contributed by atoms with Crippen molar-refractivity contribution in [3.05, 3.63) is 35.4 Å². The van der Waals surface area contributed by atoms with Crippen LogP contribution in [0, 0.1) is 6.92 Å². The van der Waals surface area contributed by atoms with Crippen molar-refractivity contribution in [3.63, 3.8) is 0 Å². The fourth-order valence-corrected chi connectivity index (χ4v) is 5.49. The first kappa shape index (κ1) is 18.4. The lowest BCUT2D eigenvalue weighted by atomic mass is 9.97. The standard InChI is InChI=1S/C18H25N5O3S/c1-13-11-15(3-4-16(13)26-2)27(24,25)22-8-5-14(6-9-22)18-21-20-17-12-19-7-10-23(17)18/h3-4,11,14,19H,5-10,12H2,1-2H3. The van der Waals surface area contributed by atoms with Gasteiger partial charge in [0.05, 0.1) is 18.6 Å². The Morgan fingerprint density at radius 2 is 1.96 bits per heavy atom. The fraction of sp³-hybridized carbons (Fsp3) is 0.556. The minimum atomic E-state index is -3.49. The Morgan fingerprint density at radius 3 is 2.67 bits per heavy atom. The van der Waals surface area contributed by atoms with Crippen LogP contribution in [0.15, 0.2) is 23.1 Å². The van der Waals surface area contributed by atoms with Crippen molar-refractivity contribution in [1.82, 2.24) is 24.4 Å². The van der Waals surface area contributed by atoms with E-state index in [0.29, 0.717) is 23.7 Å². The van der Waals surface area contributed by atoms with Crippen LogP contribution in [-0.2, 0) is 23.1 Å². The summed E-state index contributed by atoms with van der Waals surface area (Å²) in [5.74, 6) is 2.93. The first-order valence-electron chi connectivity index (χ1n) is 9.28. The van der Waals surface area contributed by atoms with Crippen molar-refractivity contribution in [2.24, 2.45) is 0 Å². The Balaban J connectivity index is 1.48. The largest absolute Gasteiger partial charge is 0.496 e. The SMILES string of the molecule is COc1ccc(S(=O)(=O)N2CCC(c3nnc4n3CCNC4)CC2)cc1C. The zero-order chi connectivity index (χ0) is 19.0. The summed E-state index contributed by atoms with van der Waals surface area (Å²) in [5, 5.41) is 12.0. The Hall–Kier alpha value is -1.97. The summed E-state index contributed by atoms with van der Waals surface area (Å²) in [4.78, 5) is 0.324. The van der Waals surface area contributed by atoms with Crippen molar-refractivity contribution >= 4 is 10.0 Å². The maximum absolute atomic E-state index is 13.0. The number of aromatic nitrogens is 3. The molecule has 0 spiro atoms. The number of aryl methyl sites for hydroxylation is 1. The van der Waals surface area contributed by atoms with Crippen LogP contribution >= 0.6 is 0 Å². The van der Waals surface area contributed by atoms with Gasteiger partial charge in [0, 0.05) is 32.1 Å². The molecule has 0 aliphatic carbocycles. The van der Waals surface area contributed by atoms with Gasteiger partial charge in [-0.15, -0.1) is 10.2 Å². The van der Waals surface area contributed by atoms with Gasteiger partial charge >= 0.3 is 0 Å². The van der Waals surface area contributed by atoms with Crippen LogP contribution < -0.4 is 10.1 Å². The third-order valence-corrected chi connectivity index (χ3v) is 7.37. The van der Waals surface area contributed by atoms with E-state index < -0.39 is 10.0 Å². The zero-order valence-corrected chi connectivity index (χ0v) is 16.5. The molecule has 1 aromatic carbocycles. The molecule has 0 atom stereocenters. The molecular weight excluding hydrogens is 366 g/mol. The third-order valence-electron chi connectivity index (χ3n) is 5.47. The van der Waals surface area contributed by atoms with Crippen molar-refractivity contribution in [2.45, 2.75) is 43.7 Å². The molecule has 4 rings (SSSR count). The fourth-order valence-electron chi connectivity index (χ4n) is 3.93. The highest BCUT2D eigenvalue weighted by atomic mass is 32.2. The normalized spacial score (nSPS) is 19.0. The first-order valence-corrected chi connectivity index (χ1v) is 10.7. The van der Waals surface area contributed by atoms with Gasteiger partial charge in [0.15, 0.2) is 0 Å². The number of piperidine rings is 1. The van der Waals surface area contributed by atoms with E-state index in [1.165, 1.54) is 0 Å². The number of ether oxygens (including phenoxy) is 1. The van der Waals surface area contributed by atoms with E-state index >= 15 is 0 Å². The molecule has 2 aromatic rings. The van der Waals surface area contributed by atoms with Gasteiger partial charge in [-0.1, -0.05) is 0 Å². The predicted molar refractivity (Wildman–Crippen MR) is 100 cm³/mol. The van der Waals surface area contributed by atoms with Gasteiger partial charge in [-0.05, 0) is 43.5 Å². The average Bonchev–Trinajstić information content (AvgIpc) is 3.12. The van der Waals surface area contributed by atoms with Crippen LogP contribution in [0.2, 0.25) is 0 Å². The highest BCUT2D eigenvalue weighted by Crippen LogP contribution is 2.31. The van der Waals surface area contributed by atoms with Crippen molar-refractivity contribution in [3.8, 4) is 5.75 Å². The average molecular weight is 391 g/mol. The highest BCUT2D eigenvalue weighted by Gasteiger charge is 2.32. The number of nitrogens with zero attached hydrogens (tertiary/aromatic N) is 4. The quantitative estimate of drug-likeness (QED) is 0.844. The van der Waals surface area contributed by atoms with Gasteiger partial charge < -0.3 is 14.6 Å². The molecule has 0 bridgehead atoms. The molecule has 1 saturated heterocycles. The number of sulfonamides is 1. The summed E-state index contributed by atoms with van der Waals surface area (Å²) in [5.41, 5.74) is 0.817. The summed E-state index contributed by atoms with van der Waals surface area (Å²) >= 11 is 0. The van der Waals surface area contributed by atoms with E-state index in [2.05, 4.69) is 20.1 Å². The molecule has 146 valence electrons.